The summed E-state index contributed by atoms with van der Waals surface area (Å²) in [6, 6.07) is 14.9. The molecule has 0 bridgehead atoms. The second-order valence-electron chi connectivity index (χ2n) is 5.12. The van der Waals surface area contributed by atoms with E-state index in [0.29, 0.717) is 0 Å². The van der Waals surface area contributed by atoms with Crippen molar-refractivity contribution in [2.75, 3.05) is 11.4 Å². The molecule has 1 aliphatic heterocycles. The van der Waals surface area contributed by atoms with E-state index in [-0.39, 0.29) is 24.0 Å². The molecule has 0 spiro atoms. The number of pyridine rings is 1. The molecule has 1 aliphatic rings. The minimum atomic E-state index is 0. The number of nitrogens with zero attached hydrogens (tertiary/aromatic N) is 2. The fourth-order valence-corrected chi connectivity index (χ4v) is 2.82. The molecule has 22 heavy (non-hydrogen) atoms. The molecule has 0 N–H and O–H groups in total. The third kappa shape index (κ3) is 3.24. The van der Waals surface area contributed by atoms with Crippen molar-refractivity contribution in [3.05, 3.63) is 71.7 Å². The maximum Gasteiger partial charge on any atom is 0.207 e. The number of anilines is 1. The third-order valence-corrected chi connectivity index (χ3v) is 3.90. The van der Waals surface area contributed by atoms with Crippen LogP contribution in [-0.4, -0.2) is 6.54 Å². The van der Waals surface area contributed by atoms with E-state index in [2.05, 4.69) is 90.2 Å². The number of likely N-dealkylation sites (N-methyl/N-ethyl adjacent to an activating group) is 1. The lowest BCUT2D eigenvalue weighted by molar-refractivity contribution is -0.695. The van der Waals surface area contributed by atoms with E-state index in [1.807, 2.05) is 0 Å². The van der Waals surface area contributed by atoms with Gasteiger partial charge in [0.1, 0.15) is 6.54 Å². The Morgan fingerprint density at radius 2 is 1.77 bits per heavy atom. The van der Waals surface area contributed by atoms with Gasteiger partial charge in [0.05, 0.1) is 0 Å². The molecule has 0 saturated carbocycles. The molecular weight excluding hydrogens is 383 g/mol. The summed E-state index contributed by atoms with van der Waals surface area (Å²) >= 11 is 0. The van der Waals surface area contributed by atoms with Gasteiger partial charge in [-0.15, -0.1) is 0 Å². The maximum atomic E-state index is 2.36. The standard InChI is InChI=1S/C19H21N2.HI/c1-3-20-14-8-7-10-17(20)15-18-13-12-16-9-5-6-11-19(16)21(18)4-2;/h5-15H,3-4H2,1-2H3;1H/q+1;/p-1. The number of fused-ring (bicyclic) bond motifs is 1. The zero-order valence-corrected chi connectivity index (χ0v) is 15.2. The first-order chi connectivity index (χ1) is 10.3. The third-order valence-electron chi connectivity index (χ3n) is 3.90. The van der Waals surface area contributed by atoms with Crippen molar-refractivity contribution in [1.29, 1.82) is 0 Å². The summed E-state index contributed by atoms with van der Waals surface area (Å²) in [5.41, 5.74) is 5.04. The van der Waals surface area contributed by atoms with Crippen LogP contribution >= 0.6 is 0 Å². The van der Waals surface area contributed by atoms with Crippen LogP contribution in [0.5, 0.6) is 0 Å². The molecule has 0 atom stereocenters. The summed E-state index contributed by atoms with van der Waals surface area (Å²) in [6.45, 7) is 6.31. The first-order valence-electron chi connectivity index (χ1n) is 7.58. The number of hydrogen-bond donors (Lipinski definition) is 0. The summed E-state index contributed by atoms with van der Waals surface area (Å²) in [7, 11) is 0. The normalized spacial score (nSPS) is 14.6. The first kappa shape index (κ1) is 16.7. The Hall–Kier alpha value is -1.62. The number of hydrogen-bond acceptors (Lipinski definition) is 1. The second kappa shape index (κ2) is 7.58. The molecule has 2 nitrogen and oxygen atoms in total. The Kier molecular flexibility index (Phi) is 5.77. The summed E-state index contributed by atoms with van der Waals surface area (Å²) in [4.78, 5) is 2.36. The van der Waals surface area contributed by atoms with Gasteiger partial charge in [0.25, 0.3) is 0 Å². The highest BCUT2D eigenvalue weighted by molar-refractivity contribution is 5.79. The van der Waals surface area contributed by atoms with Crippen LogP contribution in [0.4, 0.5) is 5.69 Å². The molecule has 1 aromatic carbocycles. The van der Waals surface area contributed by atoms with Crippen LogP contribution in [0.15, 0.2) is 60.4 Å². The van der Waals surface area contributed by atoms with Gasteiger partial charge in [-0.1, -0.05) is 24.3 Å². The Balaban J connectivity index is 0.00000176. The van der Waals surface area contributed by atoms with E-state index in [9.17, 15) is 0 Å². The number of aryl methyl sites for hydroxylation is 1. The average Bonchev–Trinajstić information content (AvgIpc) is 2.55. The van der Waals surface area contributed by atoms with E-state index in [0.717, 1.165) is 13.1 Å². The average molecular weight is 404 g/mol. The van der Waals surface area contributed by atoms with Crippen molar-refractivity contribution in [3.8, 4) is 0 Å². The number of aromatic nitrogens is 1. The van der Waals surface area contributed by atoms with Crippen molar-refractivity contribution in [1.82, 2.24) is 0 Å². The number of allylic oxidation sites excluding steroid dienone is 1. The second-order valence-corrected chi connectivity index (χ2v) is 5.12. The maximum absolute atomic E-state index is 2.36. The monoisotopic (exact) mass is 404 g/mol. The van der Waals surface area contributed by atoms with E-state index < -0.39 is 0 Å². The molecule has 3 rings (SSSR count). The lowest BCUT2D eigenvalue weighted by Crippen LogP contribution is -3.00. The molecule has 3 heteroatoms. The molecule has 2 heterocycles. The van der Waals surface area contributed by atoms with Gasteiger partial charge in [-0.25, -0.2) is 0 Å². The molecule has 0 fully saturated rings. The molecule has 0 amide bonds. The fraction of sp³-hybridized carbons (Fsp3) is 0.211. The van der Waals surface area contributed by atoms with Crippen molar-refractivity contribution in [2.24, 2.45) is 0 Å². The zero-order valence-electron chi connectivity index (χ0n) is 13.0. The largest absolute Gasteiger partial charge is 1.00 e. The van der Waals surface area contributed by atoms with E-state index in [1.165, 1.54) is 22.6 Å². The Labute approximate surface area is 149 Å². The van der Waals surface area contributed by atoms with Crippen LogP contribution in [0.25, 0.3) is 12.2 Å². The predicted molar refractivity (Wildman–Crippen MR) is 88.8 cm³/mol. The molecule has 0 radical (unpaired) electrons. The SMILES string of the molecule is CCN1/C(=C/c2cccc[n+]2CC)C=Cc2ccccc21.[I-]. The number of halogens is 1. The van der Waals surface area contributed by atoms with Crippen LogP contribution in [0, 0.1) is 0 Å². The van der Waals surface area contributed by atoms with E-state index >= 15 is 0 Å². The van der Waals surface area contributed by atoms with Crippen LogP contribution < -0.4 is 33.4 Å². The first-order valence-corrected chi connectivity index (χ1v) is 7.58. The van der Waals surface area contributed by atoms with Crippen molar-refractivity contribution >= 4 is 17.8 Å². The molecule has 114 valence electrons. The van der Waals surface area contributed by atoms with Crippen molar-refractivity contribution in [2.45, 2.75) is 20.4 Å². The van der Waals surface area contributed by atoms with Gasteiger partial charge < -0.3 is 28.9 Å². The summed E-state index contributed by atoms with van der Waals surface area (Å²) in [5.74, 6) is 0. The van der Waals surface area contributed by atoms with Crippen molar-refractivity contribution < 1.29 is 28.5 Å². The van der Waals surface area contributed by atoms with Gasteiger partial charge in [0, 0.05) is 36.1 Å². The topological polar surface area (TPSA) is 7.12 Å². The minimum Gasteiger partial charge on any atom is -1.00 e. The van der Waals surface area contributed by atoms with Crippen LogP contribution in [0.3, 0.4) is 0 Å². The van der Waals surface area contributed by atoms with Gasteiger partial charge in [-0.2, -0.15) is 4.57 Å². The van der Waals surface area contributed by atoms with Gasteiger partial charge in [0.2, 0.25) is 5.69 Å². The number of rotatable bonds is 3. The van der Waals surface area contributed by atoms with Crippen LogP contribution in [-0.2, 0) is 6.54 Å². The Morgan fingerprint density at radius 3 is 2.55 bits per heavy atom. The fourth-order valence-electron chi connectivity index (χ4n) is 2.82. The van der Waals surface area contributed by atoms with Crippen molar-refractivity contribution in [3.63, 3.8) is 0 Å². The molecule has 0 saturated heterocycles. The van der Waals surface area contributed by atoms with Crippen LogP contribution in [0.2, 0.25) is 0 Å². The lowest BCUT2D eigenvalue weighted by Gasteiger charge is -2.29. The highest BCUT2D eigenvalue weighted by atomic mass is 127. The smallest absolute Gasteiger partial charge is 0.207 e. The van der Waals surface area contributed by atoms with Gasteiger partial charge in [-0.05, 0) is 37.6 Å². The van der Waals surface area contributed by atoms with E-state index in [1.54, 1.807) is 0 Å². The van der Waals surface area contributed by atoms with Gasteiger partial charge in [0.15, 0.2) is 6.20 Å². The molecule has 2 aromatic rings. The van der Waals surface area contributed by atoms with E-state index in [4.69, 9.17) is 0 Å². The quantitative estimate of drug-likeness (QED) is 0.545. The summed E-state index contributed by atoms with van der Waals surface area (Å²) in [5, 5.41) is 0. The molecule has 0 unspecified atom stereocenters. The number of benzene rings is 1. The Bertz CT molecular complexity index is 704. The van der Waals surface area contributed by atoms with Crippen LogP contribution in [0.1, 0.15) is 25.1 Å². The highest BCUT2D eigenvalue weighted by Gasteiger charge is 2.16. The molecule has 1 aromatic heterocycles. The lowest BCUT2D eigenvalue weighted by atomic mass is 10.1. The summed E-state index contributed by atoms with van der Waals surface area (Å²) < 4.78 is 2.26. The highest BCUT2D eigenvalue weighted by Crippen LogP contribution is 2.30. The zero-order chi connectivity index (χ0) is 14.7. The van der Waals surface area contributed by atoms with Gasteiger partial charge >= 0.3 is 0 Å². The number of para-hydroxylation sites is 1. The Morgan fingerprint density at radius 1 is 1.00 bits per heavy atom. The van der Waals surface area contributed by atoms with Gasteiger partial charge in [-0.3, -0.25) is 0 Å². The molecule has 0 aliphatic carbocycles. The molecular formula is C19H21IN2. The summed E-state index contributed by atoms with van der Waals surface area (Å²) in [6.07, 6.45) is 8.80. The predicted octanol–water partition coefficient (Wildman–Crippen LogP) is 0.892. The minimum absolute atomic E-state index is 0.